The molecule has 23 heavy (non-hydrogen) atoms. The van der Waals surface area contributed by atoms with E-state index >= 15 is 0 Å². The van der Waals surface area contributed by atoms with E-state index in [9.17, 15) is 0 Å². The zero-order valence-corrected chi connectivity index (χ0v) is 13.1. The molecule has 0 saturated carbocycles. The van der Waals surface area contributed by atoms with E-state index in [1.54, 1.807) is 0 Å². The van der Waals surface area contributed by atoms with Gasteiger partial charge in [-0.15, -0.1) is 0 Å². The maximum atomic E-state index is 2.28. The number of aromatic nitrogens is 1. The Labute approximate surface area is 136 Å². The molecule has 4 rings (SSSR count). The van der Waals surface area contributed by atoms with Crippen LogP contribution in [0.2, 0.25) is 0 Å². The third-order valence-electron chi connectivity index (χ3n) is 4.15. The standard InChI is InChI=1S/C21H18N2/c1-22-15-7-12-21(22)23(19-10-3-2-4-11-19)20-14-13-17-8-5-6-9-18(17)16-20/h2-16H,1H3. The zero-order chi connectivity index (χ0) is 15.6. The molecule has 3 aromatic carbocycles. The van der Waals surface area contributed by atoms with Crippen LogP contribution in [0, 0.1) is 0 Å². The van der Waals surface area contributed by atoms with E-state index < -0.39 is 0 Å². The van der Waals surface area contributed by atoms with Crippen molar-refractivity contribution >= 4 is 28.0 Å². The van der Waals surface area contributed by atoms with Crippen LogP contribution in [0.15, 0.2) is 91.1 Å². The molecular formula is C21H18N2. The molecule has 2 heteroatoms. The topological polar surface area (TPSA) is 8.17 Å². The van der Waals surface area contributed by atoms with Gasteiger partial charge in [0.2, 0.25) is 0 Å². The first-order chi connectivity index (χ1) is 11.3. The first-order valence-corrected chi connectivity index (χ1v) is 7.78. The molecule has 1 aromatic heterocycles. The number of fused-ring (bicyclic) bond motifs is 1. The summed E-state index contributed by atoms with van der Waals surface area (Å²) in [6, 6.07) is 29.8. The van der Waals surface area contributed by atoms with Crippen LogP contribution >= 0.6 is 0 Å². The summed E-state index contributed by atoms with van der Waals surface area (Å²) in [6.07, 6.45) is 2.08. The Morgan fingerprint density at radius 1 is 0.652 bits per heavy atom. The number of nitrogens with zero attached hydrogens (tertiary/aromatic N) is 2. The van der Waals surface area contributed by atoms with Gasteiger partial charge in [0.15, 0.2) is 0 Å². The highest BCUT2D eigenvalue weighted by Gasteiger charge is 2.14. The van der Waals surface area contributed by atoms with E-state index in [0.29, 0.717) is 0 Å². The monoisotopic (exact) mass is 298 g/mol. The summed E-state index contributed by atoms with van der Waals surface area (Å²) >= 11 is 0. The number of hydrogen-bond donors (Lipinski definition) is 0. The second-order valence-electron chi connectivity index (χ2n) is 5.68. The molecule has 0 radical (unpaired) electrons. The van der Waals surface area contributed by atoms with Crippen LogP contribution in [-0.2, 0) is 7.05 Å². The van der Waals surface area contributed by atoms with Crippen LogP contribution in [0.1, 0.15) is 0 Å². The predicted molar refractivity (Wildman–Crippen MR) is 97.6 cm³/mol. The minimum absolute atomic E-state index is 1.14. The summed E-state index contributed by atoms with van der Waals surface area (Å²) in [5.41, 5.74) is 2.32. The van der Waals surface area contributed by atoms with Gasteiger partial charge < -0.3 is 4.57 Å². The molecular weight excluding hydrogens is 280 g/mol. The average Bonchev–Trinajstić information content (AvgIpc) is 3.02. The lowest BCUT2D eigenvalue weighted by atomic mass is 10.1. The normalized spacial score (nSPS) is 10.8. The maximum Gasteiger partial charge on any atom is 0.117 e. The molecule has 112 valence electrons. The summed E-state index contributed by atoms with van der Waals surface area (Å²) < 4.78 is 2.14. The molecule has 0 saturated heterocycles. The number of para-hydroxylation sites is 1. The molecule has 0 fully saturated rings. The summed E-state index contributed by atoms with van der Waals surface area (Å²) in [7, 11) is 2.08. The number of hydrogen-bond acceptors (Lipinski definition) is 1. The van der Waals surface area contributed by atoms with Gasteiger partial charge >= 0.3 is 0 Å². The summed E-state index contributed by atoms with van der Waals surface area (Å²) in [6.45, 7) is 0. The van der Waals surface area contributed by atoms with Crippen molar-refractivity contribution in [2.75, 3.05) is 4.90 Å². The Kier molecular flexibility index (Phi) is 3.35. The third-order valence-corrected chi connectivity index (χ3v) is 4.15. The quantitative estimate of drug-likeness (QED) is 0.474. The smallest absolute Gasteiger partial charge is 0.117 e. The third kappa shape index (κ3) is 2.49. The molecule has 0 aliphatic rings. The van der Waals surface area contributed by atoms with Gasteiger partial charge in [-0.25, -0.2) is 0 Å². The Bertz CT molecular complexity index is 938. The second kappa shape index (κ2) is 5.65. The van der Waals surface area contributed by atoms with Crippen molar-refractivity contribution < 1.29 is 0 Å². The van der Waals surface area contributed by atoms with E-state index in [1.807, 2.05) is 6.07 Å². The summed E-state index contributed by atoms with van der Waals surface area (Å²) in [5, 5.41) is 2.51. The van der Waals surface area contributed by atoms with Crippen molar-refractivity contribution in [3.63, 3.8) is 0 Å². The van der Waals surface area contributed by atoms with Crippen LogP contribution < -0.4 is 4.90 Å². The van der Waals surface area contributed by atoms with Crippen LogP contribution in [0.4, 0.5) is 17.2 Å². The molecule has 0 atom stereocenters. The Hall–Kier alpha value is -3.00. The molecule has 0 aliphatic carbocycles. The van der Waals surface area contributed by atoms with Gasteiger partial charge in [0.05, 0.1) is 0 Å². The first kappa shape index (κ1) is 13.6. The molecule has 1 heterocycles. The van der Waals surface area contributed by atoms with Gasteiger partial charge in [-0.2, -0.15) is 0 Å². The van der Waals surface area contributed by atoms with Crippen LogP contribution in [0.25, 0.3) is 10.8 Å². The molecule has 0 aliphatic heterocycles. The lowest BCUT2D eigenvalue weighted by Crippen LogP contribution is -2.12. The predicted octanol–water partition coefficient (Wildman–Crippen LogP) is 5.65. The van der Waals surface area contributed by atoms with Gasteiger partial charge in [-0.05, 0) is 47.2 Å². The molecule has 0 bridgehead atoms. The lowest BCUT2D eigenvalue weighted by molar-refractivity contribution is 0.913. The Morgan fingerprint density at radius 3 is 2.13 bits per heavy atom. The van der Waals surface area contributed by atoms with Gasteiger partial charge in [-0.3, -0.25) is 4.90 Å². The fourth-order valence-corrected chi connectivity index (χ4v) is 2.99. The molecule has 4 aromatic rings. The van der Waals surface area contributed by atoms with Gasteiger partial charge in [0, 0.05) is 24.6 Å². The van der Waals surface area contributed by atoms with E-state index in [1.165, 1.54) is 10.8 Å². The first-order valence-electron chi connectivity index (χ1n) is 7.78. The molecule has 0 spiro atoms. The van der Waals surface area contributed by atoms with E-state index in [0.717, 1.165) is 17.2 Å². The molecule has 0 amide bonds. The van der Waals surface area contributed by atoms with Crippen molar-refractivity contribution in [2.24, 2.45) is 7.05 Å². The number of benzene rings is 3. The SMILES string of the molecule is Cn1cccc1N(c1ccccc1)c1ccc2ccccc2c1. The largest absolute Gasteiger partial charge is 0.337 e. The minimum atomic E-state index is 1.14. The second-order valence-corrected chi connectivity index (χ2v) is 5.68. The average molecular weight is 298 g/mol. The van der Waals surface area contributed by atoms with Crippen molar-refractivity contribution in [1.82, 2.24) is 4.57 Å². The molecule has 0 N–H and O–H groups in total. The summed E-state index contributed by atoms with van der Waals surface area (Å²) in [4.78, 5) is 2.28. The van der Waals surface area contributed by atoms with Crippen molar-refractivity contribution in [3.8, 4) is 0 Å². The van der Waals surface area contributed by atoms with E-state index in [2.05, 4.69) is 102 Å². The van der Waals surface area contributed by atoms with Gasteiger partial charge in [-0.1, -0.05) is 48.5 Å². The number of anilines is 3. The maximum absolute atomic E-state index is 2.28. The Morgan fingerprint density at radius 2 is 1.39 bits per heavy atom. The highest BCUT2D eigenvalue weighted by molar-refractivity contribution is 5.88. The highest BCUT2D eigenvalue weighted by Crippen LogP contribution is 2.35. The molecule has 0 unspecified atom stereocenters. The van der Waals surface area contributed by atoms with Crippen molar-refractivity contribution in [1.29, 1.82) is 0 Å². The van der Waals surface area contributed by atoms with Crippen molar-refractivity contribution in [3.05, 3.63) is 91.1 Å². The number of rotatable bonds is 3. The summed E-state index contributed by atoms with van der Waals surface area (Å²) in [5.74, 6) is 1.14. The lowest BCUT2D eigenvalue weighted by Gasteiger charge is -2.26. The van der Waals surface area contributed by atoms with E-state index in [-0.39, 0.29) is 0 Å². The van der Waals surface area contributed by atoms with Gasteiger partial charge in [0.25, 0.3) is 0 Å². The van der Waals surface area contributed by atoms with E-state index in [4.69, 9.17) is 0 Å². The highest BCUT2D eigenvalue weighted by atomic mass is 15.2. The fraction of sp³-hybridized carbons (Fsp3) is 0.0476. The van der Waals surface area contributed by atoms with Crippen molar-refractivity contribution in [2.45, 2.75) is 0 Å². The van der Waals surface area contributed by atoms with Crippen LogP contribution in [0.3, 0.4) is 0 Å². The number of aryl methyl sites for hydroxylation is 1. The van der Waals surface area contributed by atoms with Gasteiger partial charge in [0.1, 0.15) is 5.82 Å². The van der Waals surface area contributed by atoms with Crippen LogP contribution in [-0.4, -0.2) is 4.57 Å². The molecule has 2 nitrogen and oxygen atoms in total. The Balaban J connectivity index is 1.92. The minimum Gasteiger partial charge on any atom is -0.337 e. The van der Waals surface area contributed by atoms with Crippen LogP contribution in [0.5, 0.6) is 0 Å². The zero-order valence-electron chi connectivity index (χ0n) is 13.1. The fourth-order valence-electron chi connectivity index (χ4n) is 2.99.